The van der Waals surface area contributed by atoms with Crippen LogP contribution in [0.3, 0.4) is 0 Å². The van der Waals surface area contributed by atoms with Gasteiger partial charge in [0.05, 0.1) is 0 Å². The van der Waals surface area contributed by atoms with Gasteiger partial charge in [0.15, 0.2) is 6.10 Å². The van der Waals surface area contributed by atoms with Gasteiger partial charge in [-0.2, -0.15) is 0 Å². The minimum Gasteiger partial charge on any atom is -0.462 e. The molecule has 0 aliphatic carbocycles. The summed E-state index contributed by atoms with van der Waals surface area (Å²) in [6.45, 7) is 6.27. The summed E-state index contributed by atoms with van der Waals surface area (Å²) in [4.78, 5) is 38.0. The van der Waals surface area contributed by atoms with Crippen molar-refractivity contribution in [3.8, 4) is 0 Å². The molecule has 0 saturated carbocycles. The lowest BCUT2D eigenvalue weighted by atomic mass is 10.1. The predicted octanol–water partition coefficient (Wildman–Crippen LogP) is 17.3. The van der Waals surface area contributed by atoms with Crippen LogP contribution in [0.5, 0.6) is 0 Å². The van der Waals surface area contributed by atoms with E-state index in [0.29, 0.717) is 19.3 Å². The van der Waals surface area contributed by atoms with Crippen molar-refractivity contribution in [2.24, 2.45) is 0 Å². The lowest BCUT2D eigenvalue weighted by Crippen LogP contribution is -2.30. The van der Waals surface area contributed by atoms with Crippen LogP contribution >= 0.6 is 0 Å². The molecule has 66 heavy (non-hydrogen) atoms. The summed E-state index contributed by atoms with van der Waals surface area (Å²) in [7, 11) is 0. The molecular weight excluding hydrogens is 817 g/mol. The maximum absolute atomic E-state index is 12.8. The molecule has 0 spiro atoms. The van der Waals surface area contributed by atoms with E-state index in [1.165, 1.54) is 32.1 Å². The summed E-state index contributed by atoms with van der Waals surface area (Å²) < 4.78 is 16.7. The lowest BCUT2D eigenvalue weighted by Gasteiger charge is -2.18. The van der Waals surface area contributed by atoms with E-state index in [2.05, 4.69) is 124 Å². The zero-order valence-electron chi connectivity index (χ0n) is 41.9. The number of esters is 3. The molecule has 0 heterocycles. The van der Waals surface area contributed by atoms with Crippen molar-refractivity contribution in [3.63, 3.8) is 0 Å². The van der Waals surface area contributed by atoms with Gasteiger partial charge in [0.2, 0.25) is 0 Å². The fraction of sp³-hybridized carbons (Fsp3) is 0.550. The highest BCUT2D eigenvalue weighted by Crippen LogP contribution is 2.12. The van der Waals surface area contributed by atoms with Crippen molar-refractivity contribution in [3.05, 3.63) is 146 Å². The zero-order chi connectivity index (χ0) is 47.9. The van der Waals surface area contributed by atoms with E-state index in [-0.39, 0.29) is 37.5 Å². The number of hydrogen-bond acceptors (Lipinski definition) is 6. The van der Waals surface area contributed by atoms with Crippen molar-refractivity contribution in [1.82, 2.24) is 0 Å². The Morgan fingerprint density at radius 3 is 1.17 bits per heavy atom. The Labute approximate surface area is 404 Å². The van der Waals surface area contributed by atoms with Crippen LogP contribution in [0, 0.1) is 0 Å². The SMILES string of the molecule is CC/C=C/C=C/C=C/CCCCCCCC(=O)OCC(COC(=O)CCCCCCC/C=C/C=C/C=C/C=C/C=C/CCC)OC(=O)CCC/C=C/C/C=C/C/C=C/C/C=C/CCCCC. The van der Waals surface area contributed by atoms with Gasteiger partial charge in [0, 0.05) is 19.3 Å². The molecule has 6 heteroatoms. The number of hydrogen-bond donors (Lipinski definition) is 0. The lowest BCUT2D eigenvalue weighted by molar-refractivity contribution is -0.167. The van der Waals surface area contributed by atoms with Crippen LogP contribution < -0.4 is 0 Å². The highest BCUT2D eigenvalue weighted by atomic mass is 16.6. The standard InChI is InChI=1S/C60H92O6/c1-4-7-10-13-16-19-22-25-27-29-31-32-35-38-41-44-47-50-53-59(62)65-56-57(55-64-58(61)52-49-46-43-40-37-34-24-21-18-15-12-9-6-3)66-60(63)54-51-48-45-42-39-36-33-30-28-26-23-20-17-14-11-8-5-2/h9-10,12-13,15-22,24-29,31-33,36,42,45,57H,4-8,11,14,23,30,34-35,37-41,43-44,46-56H2,1-3H3/b12-9+,13-10+,18-15+,19-16+,20-17+,24-21+,25-22+,28-26+,29-27+,32-31+,36-33+,45-42+. The smallest absolute Gasteiger partial charge is 0.306 e. The van der Waals surface area contributed by atoms with Crippen molar-refractivity contribution in [2.45, 2.75) is 200 Å². The van der Waals surface area contributed by atoms with Crippen LogP contribution in [0.1, 0.15) is 194 Å². The molecule has 0 aliphatic rings. The molecule has 0 aliphatic heterocycles. The van der Waals surface area contributed by atoms with E-state index in [4.69, 9.17) is 14.2 Å². The van der Waals surface area contributed by atoms with Gasteiger partial charge in [-0.3, -0.25) is 14.4 Å². The second kappa shape index (κ2) is 52.9. The highest BCUT2D eigenvalue weighted by molar-refractivity contribution is 5.71. The fourth-order valence-corrected chi connectivity index (χ4v) is 6.34. The number of unbranched alkanes of at least 4 members (excludes halogenated alkanes) is 15. The Bertz CT molecular complexity index is 1510. The Hall–Kier alpha value is -4.71. The molecule has 0 N–H and O–H groups in total. The highest BCUT2D eigenvalue weighted by Gasteiger charge is 2.19. The first-order valence-corrected chi connectivity index (χ1v) is 25.9. The van der Waals surface area contributed by atoms with Gasteiger partial charge >= 0.3 is 17.9 Å². The van der Waals surface area contributed by atoms with Crippen molar-refractivity contribution in [1.29, 1.82) is 0 Å². The molecule has 6 nitrogen and oxygen atoms in total. The Balaban J connectivity index is 4.59. The first-order valence-electron chi connectivity index (χ1n) is 25.9. The summed E-state index contributed by atoms with van der Waals surface area (Å²) in [5, 5.41) is 0. The van der Waals surface area contributed by atoms with Gasteiger partial charge in [-0.25, -0.2) is 0 Å². The van der Waals surface area contributed by atoms with Crippen LogP contribution in [-0.2, 0) is 28.6 Å². The molecule has 368 valence electrons. The molecule has 0 bridgehead atoms. The molecule has 0 aromatic heterocycles. The van der Waals surface area contributed by atoms with Crippen molar-refractivity contribution in [2.75, 3.05) is 13.2 Å². The largest absolute Gasteiger partial charge is 0.462 e. The van der Waals surface area contributed by atoms with E-state index in [1.807, 2.05) is 42.5 Å². The number of carbonyl (C=O) groups excluding carboxylic acids is 3. The third-order valence-corrected chi connectivity index (χ3v) is 10.2. The molecule has 1 atom stereocenters. The maximum Gasteiger partial charge on any atom is 0.306 e. The number of carbonyl (C=O) groups is 3. The van der Waals surface area contributed by atoms with E-state index < -0.39 is 6.10 Å². The Kier molecular flexibility index (Phi) is 49.1. The van der Waals surface area contributed by atoms with Crippen LogP contribution in [0.25, 0.3) is 0 Å². The molecule has 0 aromatic rings. The summed E-state index contributed by atoms with van der Waals surface area (Å²) in [5.41, 5.74) is 0. The summed E-state index contributed by atoms with van der Waals surface area (Å²) in [6.07, 6.45) is 75.4. The maximum atomic E-state index is 12.8. The molecule has 1 unspecified atom stereocenters. The van der Waals surface area contributed by atoms with E-state index in [1.54, 1.807) is 0 Å². The predicted molar refractivity (Wildman–Crippen MR) is 283 cm³/mol. The first kappa shape index (κ1) is 61.3. The molecule has 0 saturated heterocycles. The Morgan fingerprint density at radius 1 is 0.333 bits per heavy atom. The Morgan fingerprint density at radius 2 is 0.697 bits per heavy atom. The molecule has 0 rings (SSSR count). The van der Waals surface area contributed by atoms with Crippen LogP contribution in [-0.4, -0.2) is 37.2 Å². The number of ether oxygens (including phenoxy) is 3. The van der Waals surface area contributed by atoms with Gasteiger partial charge in [-0.05, 0) is 96.3 Å². The fourth-order valence-electron chi connectivity index (χ4n) is 6.34. The van der Waals surface area contributed by atoms with Crippen molar-refractivity contribution >= 4 is 17.9 Å². The molecule has 0 amide bonds. The second-order valence-electron chi connectivity index (χ2n) is 16.5. The minimum atomic E-state index is -0.832. The topological polar surface area (TPSA) is 78.9 Å². The third-order valence-electron chi connectivity index (χ3n) is 10.2. The molecular formula is C60H92O6. The van der Waals surface area contributed by atoms with Gasteiger partial charge in [0.1, 0.15) is 13.2 Å². The quantitative estimate of drug-likeness (QED) is 0.0199. The summed E-state index contributed by atoms with van der Waals surface area (Å²) in [6, 6.07) is 0. The summed E-state index contributed by atoms with van der Waals surface area (Å²) >= 11 is 0. The van der Waals surface area contributed by atoms with Gasteiger partial charge in [-0.15, -0.1) is 0 Å². The monoisotopic (exact) mass is 909 g/mol. The average Bonchev–Trinajstić information content (AvgIpc) is 3.31. The van der Waals surface area contributed by atoms with Crippen molar-refractivity contribution < 1.29 is 28.6 Å². The van der Waals surface area contributed by atoms with Gasteiger partial charge in [0.25, 0.3) is 0 Å². The minimum absolute atomic E-state index is 0.126. The van der Waals surface area contributed by atoms with Gasteiger partial charge in [-0.1, -0.05) is 224 Å². The molecule has 0 radical (unpaired) electrons. The van der Waals surface area contributed by atoms with Gasteiger partial charge < -0.3 is 14.2 Å². The van der Waals surface area contributed by atoms with Crippen LogP contribution in [0.15, 0.2) is 146 Å². The zero-order valence-corrected chi connectivity index (χ0v) is 41.9. The van der Waals surface area contributed by atoms with Crippen LogP contribution in [0.2, 0.25) is 0 Å². The molecule has 0 aromatic carbocycles. The molecule has 0 fully saturated rings. The number of allylic oxidation sites excluding steroid dienone is 24. The normalized spacial score (nSPS) is 13.3. The first-order chi connectivity index (χ1) is 32.5. The second-order valence-corrected chi connectivity index (χ2v) is 16.5. The third kappa shape index (κ3) is 50.3. The number of rotatable bonds is 44. The average molecular weight is 909 g/mol. The van der Waals surface area contributed by atoms with E-state index >= 15 is 0 Å². The van der Waals surface area contributed by atoms with E-state index in [0.717, 1.165) is 116 Å². The van der Waals surface area contributed by atoms with Crippen LogP contribution in [0.4, 0.5) is 0 Å². The summed E-state index contributed by atoms with van der Waals surface area (Å²) in [5.74, 6) is -1.04. The van der Waals surface area contributed by atoms with E-state index in [9.17, 15) is 14.4 Å².